The number of nitrogens with zero attached hydrogens (tertiary/aromatic N) is 1. The van der Waals surface area contributed by atoms with Crippen LogP contribution in [0.3, 0.4) is 0 Å². The summed E-state index contributed by atoms with van der Waals surface area (Å²) in [6.45, 7) is 1.26. The average molecular weight is 238 g/mol. The lowest BCUT2D eigenvalue weighted by molar-refractivity contribution is -0.137. The van der Waals surface area contributed by atoms with Crippen LogP contribution in [-0.2, 0) is 9.53 Å². The average Bonchev–Trinajstić information content (AvgIpc) is 2.38. The predicted molar refractivity (Wildman–Crippen MR) is 60.7 cm³/mol. The van der Waals surface area contributed by atoms with E-state index in [1.54, 1.807) is 23.1 Å². The molecule has 0 saturated carbocycles. The van der Waals surface area contributed by atoms with E-state index < -0.39 is 6.10 Å². The van der Waals surface area contributed by atoms with Gasteiger partial charge in [0.15, 0.2) is 0 Å². The molecule has 1 fully saturated rings. The van der Waals surface area contributed by atoms with Gasteiger partial charge in [0.05, 0.1) is 19.7 Å². The number of ether oxygens (including phenoxy) is 1. The van der Waals surface area contributed by atoms with Crippen molar-refractivity contribution in [2.75, 3.05) is 26.2 Å². The van der Waals surface area contributed by atoms with E-state index >= 15 is 0 Å². The summed E-state index contributed by atoms with van der Waals surface area (Å²) in [5.74, 6) is -0.436. The highest BCUT2D eigenvalue weighted by Crippen LogP contribution is 2.24. The summed E-state index contributed by atoms with van der Waals surface area (Å²) in [7, 11) is 0. The van der Waals surface area contributed by atoms with Crippen molar-refractivity contribution < 1.29 is 13.9 Å². The molecule has 17 heavy (non-hydrogen) atoms. The van der Waals surface area contributed by atoms with Gasteiger partial charge in [-0.05, 0) is 6.07 Å². The first kappa shape index (κ1) is 12.0. The highest BCUT2D eigenvalue weighted by Gasteiger charge is 2.26. The van der Waals surface area contributed by atoms with Crippen LogP contribution in [0.5, 0.6) is 0 Å². The van der Waals surface area contributed by atoms with Gasteiger partial charge in [0, 0.05) is 12.1 Å². The number of carbonyl (C=O) groups is 1. The van der Waals surface area contributed by atoms with Gasteiger partial charge in [0.2, 0.25) is 5.91 Å². The number of rotatable bonds is 2. The van der Waals surface area contributed by atoms with Gasteiger partial charge in [-0.15, -0.1) is 0 Å². The Balaban J connectivity index is 2.12. The SMILES string of the molecule is NCC(=O)N1CCO[C@H](c2ccccc2F)C1. The topological polar surface area (TPSA) is 55.6 Å². The molecule has 1 heterocycles. The first-order valence-electron chi connectivity index (χ1n) is 5.56. The van der Waals surface area contributed by atoms with Crippen LogP contribution in [0.1, 0.15) is 11.7 Å². The second-order valence-electron chi connectivity index (χ2n) is 3.92. The zero-order valence-electron chi connectivity index (χ0n) is 9.43. The molecule has 2 rings (SSSR count). The van der Waals surface area contributed by atoms with Crippen LogP contribution in [0, 0.1) is 5.82 Å². The molecule has 1 saturated heterocycles. The molecule has 1 aliphatic rings. The fourth-order valence-electron chi connectivity index (χ4n) is 1.93. The number of morpholine rings is 1. The van der Waals surface area contributed by atoms with Gasteiger partial charge in [0.25, 0.3) is 0 Å². The standard InChI is InChI=1S/C12H15FN2O2/c13-10-4-2-1-3-9(10)11-8-15(5-6-17-11)12(16)7-14/h1-4,11H,5-8,14H2/t11-/m0/s1. The van der Waals surface area contributed by atoms with Gasteiger partial charge >= 0.3 is 0 Å². The Labute approximate surface area is 99.2 Å². The number of hydrogen-bond acceptors (Lipinski definition) is 3. The molecule has 5 heteroatoms. The Kier molecular flexibility index (Phi) is 3.71. The largest absolute Gasteiger partial charge is 0.370 e. The van der Waals surface area contributed by atoms with Gasteiger partial charge in [-0.3, -0.25) is 4.79 Å². The zero-order chi connectivity index (χ0) is 12.3. The molecule has 1 aliphatic heterocycles. The molecule has 0 spiro atoms. The molecule has 0 aromatic heterocycles. The van der Waals surface area contributed by atoms with Crippen molar-refractivity contribution in [3.63, 3.8) is 0 Å². The van der Waals surface area contributed by atoms with Crippen LogP contribution in [0.25, 0.3) is 0 Å². The van der Waals surface area contributed by atoms with E-state index in [0.29, 0.717) is 25.3 Å². The summed E-state index contributed by atoms with van der Waals surface area (Å²) < 4.78 is 19.1. The molecule has 0 unspecified atom stereocenters. The van der Waals surface area contributed by atoms with Gasteiger partial charge < -0.3 is 15.4 Å². The number of carbonyl (C=O) groups excluding carboxylic acids is 1. The molecule has 1 aromatic carbocycles. The lowest BCUT2D eigenvalue weighted by Crippen LogP contribution is -2.45. The highest BCUT2D eigenvalue weighted by atomic mass is 19.1. The fourth-order valence-corrected chi connectivity index (χ4v) is 1.93. The minimum absolute atomic E-state index is 0.0238. The smallest absolute Gasteiger partial charge is 0.236 e. The zero-order valence-corrected chi connectivity index (χ0v) is 9.43. The monoisotopic (exact) mass is 238 g/mol. The van der Waals surface area contributed by atoms with Gasteiger partial charge in [0.1, 0.15) is 11.9 Å². The first-order valence-corrected chi connectivity index (χ1v) is 5.56. The molecular weight excluding hydrogens is 223 g/mol. The van der Waals surface area contributed by atoms with E-state index in [0.717, 1.165) is 0 Å². The fraction of sp³-hybridized carbons (Fsp3) is 0.417. The number of benzene rings is 1. The molecule has 92 valence electrons. The Hall–Kier alpha value is -1.46. The van der Waals surface area contributed by atoms with E-state index in [1.165, 1.54) is 6.07 Å². The molecule has 0 aliphatic carbocycles. The molecule has 1 atom stereocenters. The molecule has 1 aromatic rings. The van der Waals surface area contributed by atoms with Crippen molar-refractivity contribution in [3.05, 3.63) is 35.6 Å². The van der Waals surface area contributed by atoms with Crippen molar-refractivity contribution in [2.24, 2.45) is 5.73 Å². The lowest BCUT2D eigenvalue weighted by atomic mass is 10.1. The number of halogens is 1. The van der Waals surface area contributed by atoms with Crippen LogP contribution in [0.2, 0.25) is 0 Å². The maximum Gasteiger partial charge on any atom is 0.236 e. The third kappa shape index (κ3) is 2.62. The summed E-state index contributed by atoms with van der Waals surface area (Å²) in [5.41, 5.74) is 5.80. The van der Waals surface area contributed by atoms with Gasteiger partial charge in [-0.25, -0.2) is 4.39 Å². The molecule has 1 amide bonds. The van der Waals surface area contributed by atoms with Crippen molar-refractivity contribution in [3.8, 4) is 0 Å². The molecule has 0 radical (unpaired) electrons. The van der Waals surface area contributed by atoms with Crippen LogP contribution in [0.4, 0.5) is 4.39 Å². The Morgan fingerprint density at radius 2 is 2.29 bits per heavy atom. The maximum absolute atomic E-state index is 13.6. The normalized spacial score (nSPS) is 20.4. The molecule has 2 N–H and O–H groups in total. The van der Waals surface area contributed by atoms with Crippen molar-refractivity contribution >= 4 is 5.91 Å². The minimum Gasteiger partial charge on any atom is -0.370 e. The lowest BCUT2D eigenvalue weighted by Gasteiger charge is -2.33. The third-order valence-electron chi connectivity index (χ3n) is 2.85. The van der Waals surface area contributed by atoms with Crippen molar-refractivity contribution in [1.29, 1.82) is 0 Å². The van der Waals surface area contributed by atoms with E-state index in [1.807, 2.05) is 0 Å². The Morgan fingerprint density at radius 3 is 3.00 bits per heavy atom. The highest BCUT2D eigenvalue weighted by molar-refractivity contribution is 5.78. The summed E-state index contributed by atoms with van der Waals surface area (Å²) >= 11 is 0. The van der Waals surface area contributed by atoms with E-state index in [9.17, 15) is 9.18 Å². The summed E-state index contributed by atoms with van der Waals surface area (Å²) in [5, 5.41) is 0. The number of amides is 1. The Morgan fingerprint density at radius 1 is 1.53 bits per heavy atom. The van der Waals surface area contributed by atoms with Crippen LogP contribution >= 0.6 is 0 Å². The predicted octanol–water partition coefficient (Wildman–Crippen LogP) is 0.684. The van der Waals surface area contributed by atoms with Crippen LogP contribution < -0.4 is 5.73 Å². The Bertz CT molecular complexity index is 411. The number of nitrogens with two attached hydrogens (primary N) is 1. The summed E-state index contributed by atoms with van der Waals surface area (Å²) in [6.07, 6.45) is -0.402. The van der Waals surface area contributed by atoms with E-state index in [-0.39, 0.29) is 18.3 Å². The van der Waals surface area contributed by atoms with Crippen LogP contribution in [0.15, 0.2) is 24.3 Å². The van der Waals surface area contributed by atoms with E-state index in [2.05, 4.69) is 0 Å². The van der Waals surface area contributed by atoms with Gasteiger partial charge in [-0.1, -0.05) is 18.2 Å². The molecule has 0 bridgehead atoms. The first-order chi connectivity index (χ1) is 8.22. The van der Waals surface area contributed by atoms with Crippen LogP contribution in [-0.4, -0.2) is 37.0 Å². The third-order valence-corrected chi connectivity index (χ3v) is 2.85. The second-order valence-corrected chi connectivity index (χ2v) is 3.92. The second kappa shape index (κ2) is 5.25. The van der Waals surface area contributed by atoms with Crippen molar-refractivity contribution in [2.45, 2.75) is 6.10 Å². The summed E-state index contributed by atoms with van der Waals surface area (Å²) in [6, 6.07) is 6.45. The number of hydrogen-bond donors (Lipinski definition) is 1. The quantitative estimate of drug-likeness (QED) is 0.824. The molecule has 4 nitrogen and oxygen atoms in total. The minimum atomic E-state index is -0.402. The van der Waals surface area contributed by atoms with Crippen molar-refractivity contribution in [1.82, 2.24) is 4.90 Å². The summed E-state index contributed by atoms with van der Waals surface area (Å²) in [4.78, 5) is 13.1. The molecular formula is C12H15FN2O2. The van der Waals surface area contributed by atoms with E-state index in [4.69, 9.17) is 10.5 Å². The maximum atomic E-state index is 13.6. The van der Waals surface area contributed by atoms with Gasteiger partial charge in [-0.2, -0.15) is 0 Å².